The van der Waals surface area contributed by atoms with E-state index in [1.165, 1.54) is 18.9 Å². The fourth-order valence-electron chi connectivity index (χ4n) is 4.49. The van der Waals surface area contributed by atoms with Gasteiger partial charge in [0.25, 0.3) is 5.69 Å². The maximum Gasteiger partial charge on any atom is 0.292 e. The van der Waals surface area contributed by atoms with Crippen LogP contribution in [0.5, 0.6) is 5.75 Å². The van der Waals surface area contributed by atoms with Crippen LogP contribution in [0.15, 0.2) is 18.2 Å². The number of nitrogens with one attached hydrogen (secondary N) is 1. The monoisotopic (exact) mass is 391 g/mol. The first-order chi connectivity index (χ1) is 13.6. The number of rotatable bonds is 8. The molecule has 7 heteroatoms. The first-order valence-electron chi connectivity index (χ1n) is 10.6. The predicted molar refractivity (Wildman–Crippen MR) is 110 cm³/mol. The lowest BCUT2D eigenvalue weighted by atomic mass is 9.90. The molecule has 1 saturated carbocycles. The third kappa shape index (κ3) is 5.35. The minimum absolute atomic E-state index is 0.111. The summed E-state index contributed by atoms with van der Waals surface area (Å²) >= 11 is 0. The highest BCUT2D eigenvalue weighted by Crippen LogP contribution is 2.32. The molecule has 2 fully saturated rings. The van der Waals surface area contributed by atoms with Crippen molar-refractivity contribution in [3.8, 4) is 5.75 Å². The van der Waals surface area contributed by atoms with E-state index >= 15 is 0 Å². The first-order valence-corrected chi connectivity index (χ1v) is 10.6. The van der Waals surface area contributed by atoms with Crippen LogP contribution in [0.1, 0.15) is 52.4 Å². The van der Waals surface area contributed by atoms with E-state index in [2.05, 4.69) is 17.1 Å². The Morgan fingerprint density at radius 1 is 1.11 bits per heavy atom. The van der Waals surface area contributed by atoms with Gasteiger partial charge in [-0.3, -0.25) is 10.1 Å². The van der Waals surface area contributed by atoms with Crippen molar-refractivity contribution in [1.29, 1.82) is 0 Å². The van der Waals surface area contributed by atoms with Crippen LogP contribution in [-0.4, -0.2) is 54.3 Å². The molecule has 28 heavy (non-hydrogen) atoms. The Labute approximate surface area is 167 Å². The third-order valence-electron chi connectivity index (χ3n) is 5.93. The summed E-state index contributed by atoms with van der Waals surface area (Å²) < 4.78 is 11.3. The molecular formula is C21H33N3O4. The number of nitro groups is 1. The summed E-state index contributed by atoms with van der Waals surface area (Å²) in [7, 11) is 0. The van der Waals surface area contributed by atoms with E-state index in [9.17, 15) is 10.1 Å². The van der Waals surface area contributed by atoms with Crippen LogP contribution in [0.2, 0.25) is 0 Å². The molecule has 0 unspecified atom stereocenters. The predicted octanol–water partition coefficient (Wildman–Crippen LogP) is 4.22. The summed E-state index contributed by atoms with van der Waals surface area (Å²) in [5.74, 6) is 0.666. The SMILES string of the molecule is CCOc1ccc([N+](=O)[O-])c(NC2CCN(C3CCC(OCC)CC3)CC2)c1. The highest BCUT2D eigenvalue weighted by molar-refractivity contribution is 5.64. The average Bonchev–Trinajstić information content (AvgIpc) is 2.70. The van der Waals surface area contributed by atoms with Crippen LogP contribution in [-0.2, 0) is 4.74 Å². The van der Waals surface area contributed by atoms with Crippen molar-refractivity contribution in [2.45, 2.75) is 70.6 Å². The van der Waals surface area contributed by atoms with Gasteiger partial charge in [0, 0.05) is 43.9 Å². The summed E-state index contributed by atoms with van der Waals surface area (Å²) in [6.07, 6.45) is 7.19. The lowest BCUT2D eigenvalue weighted by molar-refractivity contribution is -0.384. The maximum atomic E-state index is 11.4. The Balaban J connectivity index is 1.53. The van der Waals surface area contributed by atoms with Crippen LogP contribution in [0.3, 0.4) is 0 Å². The zero-order valence-corrected chi connectivity index (χ0v) is 17.1. The Morgan fingerprint density at radius 2 is 1.82 bits per heavy atom. The van der Waals surface area contributed by atoms with Crippen LogP contribution >= 0.6 is 0 Å². The van der Waals surface area contributed by atoms with Crippen LogP contribution < -0.4 is 10.1 Å². The summed E-state index contributed by atoms with van der Waals surface area (Å²) in [6.45, 7) is 7.41. The molecule has 1 saturated heterocycles. The van der Waals surface area contributed by atoms with E-state index in [0.29, 0.717) is 30.2 Å². The zero-order valence-electron chi connectivity index (χ0n) is 17.1. The molecule has 0 aromatic heterocycles. The van der Waals surface area contributed by atoms with E-state index in [-0.39, 0.29) is 16.7 Å². The molecule has 0 radical (unpaired) electrons. The average molecular weight is 392 g/mol. The second-order valence-corrected chi connectivity index (χ2v) is 7.71. The third-order valence-corrected chi connectivity index (χ3v) is 5.93. The topological polar surface area (TPSA) is 76.9 Å². The van der Waals surface area contributed by atoms with Gasteiger partial charge in [0.05, 0.1) is 17.6 Å². The summed E-state index contributed by atoms with van der Waals surface area (Å²) in [5, 5.41) is 14.8. The highest BCUT2D eigenvalue weighted by atomic mass is 16.6. The fourth-order valence-corrected chi connectivity index (χ4v) is 4.49. The van der Waals surface area contributed by atoms with Gasteiger partial charge >= 0.3 is 0 Å². The van der Waals surface area contributed by atoms with Gasteiger partial charge in [0.2, 0.25) is 0 Å². The molecule has 1 heterocycles. The lowest BCUT2D eigenvalue weighted by Crippen LogP contribution is -2.46. The van der Waals surface area contributed by atoms with Crippen molar-refractivity contribution in [2.75, 3.05) is 31.6 Å². The van der Waals surface area contributed by atoms with Crippen LogP contribution in [0.25, 0.3) is 0 Å². The second kappa shape index (κ2) is 10.1. The smallest absolute Gasteiger partial charge is 0.292 e. The number of benzene rings is 1. The summed E-state index contributed by atoms with van der Waals surface area (Å²) in [4.78, 5) is 13.6. The van der Waals surface area contributed by atoms with E-state index in [0.717, 1.165) is 45.4 Å². The van der Waals surface area contributed by atoms with Crippen LogP contribution in [0, 0.1) is 10.1 Å². The molecule has 0 amide bonds. The molecule has 2 aliphatic rings. The van der Waals surface area contributed by atoms with Crippen molar-refractivity contribution in [3.05, 3.63) is 28.3 Å². The van der Waals surface area contributed by atoms with Gasteiger partial charge in [-0.05, 0) is 58.4 Å². The normalized spacial score (nSPS) is 24.1. The molecule has 0 bridgehead atoms. The zero-order chi connectivity index (χ0) is 19.9. The molecule has 156 valence electrons. The van der Waals surface area contributed by atoms with Gasteiger partial charge in [-0.1, -0.05) is 0 Å². The number of hydrogen-bond acceptors (Lipinski definition) is 6. The standard InChI is InChI=1S/C21H33N3O4/c1-3-27-18-7-5-17(6-8-18)23-13-11-16(12-14-23)22-20-15-19(28-4-2)9-10-21(20)24(25)26/h9-10,15-18,22H,3-8,11-14H2,1-2H3. The van der Waals surface area contributed by atoms with Crippen molar-refractivity contribution < 1.29 is 14.4 Å². The van der Waals surface area contributed by atoms with Crippen molar-refractivity contribution >= 4 is 11.4 Å². The molecule has 1 aliphatic carbocycles. The molecule has 7 nitrogen and oxygen atoms in total. The highest BCUT2D eigenvalue weighted by Gasteiger charge is 2.29. The van der Waals surface area contributed by atoms with Crippen molar-refractivity contribution in [3.63, 3.8) is 0 Å². The van der Waals surface area contributed by atoms with Gasteiger partial charge in [0.1, 0.15) is 11.4 Å². The summed E-state index contributed by atoms with van der Waals surface area (Å²) in [6, 6.07) is 5.86. The van der Waals surface area contributed by atoms with Gasteiger partial charge in [-0.2, -0.15) is 0 Å². The van der Waals surface area contributed by atoms with Crippen LogP contribution in [0.4, 0.5) is 11.4 Å². The lowest BCUT2D eigenvalue weighted by Gasteiger charge is -2.41. The first kappa shape index (κ1) is 20.9. The van der Waals surface area contributed by atoms with E-state index in [4.69, 9.17) is 9.47 Å². The van der Waals surface area contributed by atoms with Crippen molar-refractivity contribution in [2.24, 2.45) is 0 Å². The number of piperidine rings is 1. The molecule has 1 N–H and O–H groups in total. The Morgan fingerprint density at radius 3 is 2.43 bits per heavy atom. The van der Waals surface area contributed by atoms with Crippen molar-refractivity contribution in [1.82, 2.24) is 4.90 Å². The molecular weight excluding hydrogens is 358 g/mol. The molecule has 3 rings (SSSR count). The second-order valence-electron chi connectivity index (χ2n) is 7.71. The Hall–Kier alpha value is -1.86. The number of ether oxygens (including phenoxy) is 2. The molecule has 1 aromatic carbocycles. The minimum atomic E-state index is -0.329. The Bertz CT molecular complexity index is 639. The van der Waals surface area contributed by atoms with E-state index in [1.807, 2.05) is 6.92 Å². The Kier molecular flexibility index (Phi) is 7.50. The number of hydrogen-bond donors (Lipinski definition) is 1. The van der Waals surface area contributed by atoms with Gasteiger partial charge in [-0.15, -0.1) is 0 Å². The van der Waals surface area contributed by atoms with Gasteiger partial charge in [-0.25, -0.2) is 0 Å². The van der Waals surface area contributed by atoms with Gasteiger partial charge in [0.15, 0.2) is 0 Å². The van der Waals surface area contributed by atoms with E-state index in [1.54, 1.807) is 12.1 Å². The number of anilines is 1. The molecule has 1 aliphatic heterocycles. The summed E-state index contributed by atoms with van der Waals surface area (Å²) in [5.41, 5.74) is 0.673. The quantitative estimate of drug-likeness (QED) is 0.528. The molecule has 0 atom stereocenters. The number of nitro benzene ring substituents is 1. The largest absolute Gasteiger partial charge is 0.494 e. The fraction of sp³-hybridized carbons (Fsp3) is 0.714. The van der Waals surface area contributed by atoms with E-state index < -0.39 is 0 Å². The van der Waals surface area contributed by atoms with Gasteiger partial charge < -0.3 is 19.7 Å². The minimum Gasteiger partial charge on any atom is -0.494 e. The maximum absolute atomic E-state index is 11.4. The molecule has 1 aromatic rings. The number of nitrogens with zero attached hydrogens (tertiary/aromatic N) is 2. The molecule has 0 spiro atoms. The number of likely N-dealkylation sites (tertiary alicyclic amines) is 1.